The lowest BCUT2D eigenvalue weighted by Crippen LogP contribution is -2.77. The van der Waals surface area contributed by atoms with Crippen LogP contribution in [0.2, 0.25) is 0 Å². The highest BCUT2D eigenvalue weighted by molar-refractivity contribution is 7.99. The minimum atomic E-state index is -1.15. The number of hydrogen-bond donors (Lipinski definition) is 4. The van der Waals surface area contributed by atoms with Gasteiger partial charge in [-0.2, -0.15) is 0 Å². The minimum Gasteiger partial charge on any atom is -0.508 e. The molecule has 8 heterocycles. The molecule has 0 aromatic heterocycles. The van der Waals surface area contributed by atoms with Crippen LogP contribution in [0.5, 0.6) is 28.7 Å². The summed E-state index contributed by atoms with van der Waals surface area (Å²) in [6, 6.07) is 4.57. The second-order valence-corrected chi connectivity index (χ2v) is 16.2. The first kappa shape index (κ1) is 31.1. The number of aliphatic hydroxyl groups excluding tert-OH is 1. The number of benzene rings is 3. The van der Waals surface area contributed by atoms with E-state index >= 15 is 0 Å². The number of ether oxygens (including phenoxy) is 4. The van der Waals surface area contributed by atoms with Crippen LogP contribution < -0.4 is 19.5 Å². The van der Waals surface area contributed by atoms with Crippen molar-refractivity contribution in [1.82, 2.24) is 15.1 Å². The molecule has 4 N–H and O–H groups in total. The van der Waals surface area contributed by atoms with Crippen LogP contribution in [0, 0.1) is 27.7 Å². The maximum absolute atomic E-state index is 14.6. The van der Waals surface area contributed by atoms with Gasteiger partial charge in [-0.3, -0.25) is 15.1 Å². The lowest BCUT2D eigenvalue weighted by atomic mass is 9.64. The molecule has 8 aliphatic heterocycles. The van der Waals surface area contributed by atoms with Crippen LogP contribution in [0.25, 0.3) is 0 Å². The largest absolute Gasteiger partial charge is 0.508 e. The number of piperazine rings is 1. The van der Waals surface area contributed by atoms with E-state index in [0.29, 0.717) is 41.5 Å². The standard InChI is InChI=1S/C38H41N3O8S/c1-15-9-22-19(10-24(15)42)6-7-39-38(22)13-50-35-25-17(3)18(4)33-34(49-14-48-33)27(25)23(12-47-37(38)45)41-30(35)29-26-20(8-16(2)32(46-5)31(26)43)21-11-40(29)28(21)36(41)44/h8-10,21,23,28-30,35-36,39,42-44H,6-7,11-14H2,1-5H3/t21?,23-,28+,29-,30?,35-,36+,38-/m1/s1. The van der Waals surface area contributed by atoms with Crippen LogP contribution in [0.1, 0.15) is 78.9 Å². The topological polar surface area (TPSA) is 133 Å². The van der Waals surface area contributed by atoms with Crippen molar-refractivity contribution in [3.8, 4) is 28.7 Å². The van der Waals surface area contributed by atoms with Crippen LogP contribution in [0.3, 0.4) is 0 Å². The molecule has 9 atom stereocenters. The monoisotopic (exact) mass is 699 g/mol. The predicted octanol–water partition coefficient (Wildman–Crippen LogP) is 4.02. The van der Waals surface area contributed by atoms with Crippen molar-refractivity contribution < 1.29 is 39.1 Å². The van der Waals surface area contributed by atoms with Crippen molar-refractivity contribution in [2.45, 2.75) is 81.2 Å². The number of nitrogens with zero attached hydrogens (tertiary/aromatic N) is 2. The molecule has 0 saturated carbocycles. The SMILES string of the molecule is COc1c(C)cc2c(c1O)[C@@H]1C3[C@@H]4SC[C@]5(NCCc6cc(O)c(C)cc65)C(=O)OC[C@H](c5c6c(c(C)c(C)c54)OCO6)N3[C@@H](O)[C@@H]3C2CN13. The van der Waals surface area contributed by atoms with E-state index in [1.165, 1.54) is 0 Å². The van der Waals surface area contributed by atoms with Gasteiger partial charge in [-0.05, 0) is 90.8 Å². The Labute approximate surface area is 294 Å². The zero-order valence-electron chi connectivity index (χ0n) is 28.7. The number of carbonyl (C=O) groups excluding carboxylic acids is 1. The molecule has 12 heteroatoms. The first-order valence-corrected chi connectivity index (χ1v) is 18.5. The Bertz CT molecular complexity index is 2040. The number of phenolic OH excluding ortho intramolecular Hbond substituents is 2. The van der Waals surface area contributed by atoms with Crippen LogP contribution in [-0.2, 0) is 21.5 Å². The Morgan fingerprint density at radius 2 is 1.78 bits per heavy atom. The molecule has 3 unspecified atom stereocenters. The molecule has 3 aromatic rings. The van der Waals surface area contributed by atoms with E-state index in [2.05, 4.69) is 35.0 Å². The molecule has 8 aliphatic rings. The van der Waals surface area contributed by atoms with Gasteiger partial charge in [0.2, 0.25) is 6.79 Å². The molecule has 3 saturated heterocycles. The number of aliphatic hydroxyl groups is 1. The molecule has 0 radical (unpaired) electrons. The Morgan fingerprint density at radius 3 is 2.58 bits per heavy atom. The van der Waals surface area contributed by atoms with Gasteiger partial charge >= 0.3 is 5.97 Å². The molecule has 11 nitrogen and oxygen atoms in total. The van der Waals surface area contributed by atoms with E-state index in [1.807, 2.05) is 19.9 Å². The average Bonchev–Trinajstić information content (AvgIpc) is 3.57. The Balaban J connectivity index is 1.22. The lowest BCUT2D eigenvalue weighted by Gasteiger charge is -2.69. The third-order valence-corrected chi connectivity index (χ3v) is 14.4. The summed E-state index contributed by atoms with van der Waals surface area (Å²) in [5.74, 6) is 2.22. The maximum Gasteiger partial charge on any atom is 0.331 e. The number of aryl methyl sites for hydroxylation is 2. The molecule has 0 aliphatic carbocycles. The van der Waals surface area contributed by atoms with E-state index in [-0.39, 0.29) is 60.2 Å². The van der Waals surface area contributed by atoms with Gasteiger partial charge in [0.15, 0.2) is 28.5 Å². The van der Waals surface area contributed by atoms with Gasteiger partial charge in [-0.1, -0.05) is 6.07 Å². The summed E-state index contributed by atoms with van der Waals surface area (Å²) in [4.78, 5) is 19.1. The predicted molar refractivity (Wildman–Crippen MR) is 184 cm³/mol. The van der Waals surface area contributed by atoms with Crippen molar-refractivity contribution in [1.29, 1.82) is 0 Å². The molecule has 262 valence electrons. The number of nitrogens with one attached hydrogen (secondary N) is 1. The summed E-state index contributed by atoms with van der Waals surface area (Å²) < 4.78 is 24.5. The van der Waals surface area contributed by atoms with E-state index in [9.17, 15) is 20.1 Å². The van der Waals surface area contributed by atoms with E-state index in [0.717, 1.165) is 56.6 Å². The smallest absolute Gasteiger partial charge is 0.331 e. The van der Waals surface area contributed by atoms with Crippen LogP contribution in [0.15, 0.2) is 18.2 Å². The number of hydrogen-bond acceptors (Lipinski definition) is 12. The first-order chi connectivity index (χ1) is 24.1. The summed E-state index contributed by atoms with van der Waals surface area (Å²) in [7, 11) is 1.59. The number of esters is 1. The molecule has 11 rings (SSSR count). The van der Waals surface area contributed by atoms with Crippen LogP contribution in [0.4, 0.5) is 0 Å². The van der Waals surface area contributed by atoms with Gasteiger partial charge in [0, 0.05) is 47.2 Å². The van der Waals surface area contributed by atoms with Gasteiger partial charge in [0.05, 0.1) is 25.2 Å². The molecular formula is C38H41N3O8S. The van der Waals surface area contributed by atoms with Crippen molar-refractivity contribution in [2.24, 2.45) is 0 Å². The number of phenols is 2. The third-order valence-electron chi connectivity index (χ3n) is 12.9. The number of methoxy groups -OCH3 is 1. The average molecular weight is 700 g/mol. The molecule has 3 aromatic carbocycles. The maximum atomic E-state index is 14.6. The molecule has 0 amide bonds. The summed E-state index contributed by atoms with van der Waals surface area (Å²) in [6.45, 7) is 9.44. The minimum absolute atomic E-state index is 0.00885. The third kappa shape index (κ3) is 3.68. The van der Waals surface area contributed by atoms with Crippen molar-refractivity contribution in [2.75, 3.05) is 39.4 Å². The van der Waals surface area contributed by atoms with Gasteiger partial charge < -0.3 is 34.3 Å². The van der Waals surface area contributed by atoms with Gasteiger partial charge in [0.1, 0.15) is 18.6 Å². The second-order valence-electron chi connectivity index (χ2n) is 15.0. The normalized spacial score (nSPS) is 34.2. The van der Waals surface area contributed by atoms with Crippen molar-refractivity contribution >= 4 is 17.7 Å². The highest BCUT2D eigenvalue weighted by atomic mass is 32.2. The fourth-order valence-electron chi connectivity index (χ4n) is 10.5. The first-order valence-electron chi connectivity index (χ1n) is 17.5. The highest BCUT2D eigenvalue weighted by Crippen LogP contribution is 2.67. The molecule has 6 bridgehead atoms. The highest BCUT2D eigenvalue weighted by Gasteiger charge is 2.67. The van der Waals surface area contributed by atoms with Crippen molar-refractivity contribution in [3.05, 3.63) is 73.8 Å². The molecule has 3 fully saturated rings. The molecular weight excluding hydrogens is 658 g/mol. The number of rotatable bonds is 1. The van der Waals surface area contributed by atoms with Gasteiger partial charge in [-0.15, -0.1) is 11.8 Å². The summed E-state index contributed by atoms with van der Waals surface area (Å²) in [5, 5.41) is 38.4. The zero-order valence-corrected chi connectivity index (χ0v) is 29.5. The second kappa shape index (κ2) is 10.4. The fraction of sp³-hybridized carbons (Fsp3) is 0.500. The quantitative estimate of drug-likeness (QED) is 0.274. The Morgan fingerprint density at radius 1 is 0.980 bits per heavy atom. The van der Waals surface area contributed by atoms with E-state index in [4.69, 9.17) is 18.9 Å². The Hall–Kier alpha value is -3.68. The van der Waals surface area contributed by atoms with Crippen LogP contribution in [-0.4, -0.2) is 88.8 Å². The van der Waals surface area contributed by atoms with Crippen LogP contribution >= 0.6 is 11.8 Å². The number of thioether (sulfide) groups is 1. The Kier molecular flexibility index (Phi) is 6.49. The fourth-order valence-corrected chi connectivity index (χ4v) is 12.3. The molecule has 50 heavy (non-hydrogen) atoms. The summed E-state index contributed by atoms with van der Waals surface area (Å²) in [6.07, 6.45) is -0.182. The number of carbonyl (C=O) groups is 1. The summed E-state index contributed by atoms with van der Waals surface area (Å²) in [5.41, 5.74) is 8.24. The van der Waals surface area contributed by atoms with Gasteiger partial charge in [0.25, 0.3) is 0 Å². The lowest BCUT2D eigenvalue weighted by molar-refractivity contribution is -0.228. The van der Waals surface area contributed by atoms with Crippen molar-refractivity contribution in [3.63, 3.8) is 0 Å². The van der Waals surface area contributed by atoms with E-state index in [1.54, 1.807) is 24.9 Å². The zero-order chi connectivity index (χ0) is 34.5. The molecule has 1 spiro atoms. The number of aromatic hydroxyl groups is 2. The van der Waals surface area contributed by atoms with Gasteiger partial charge in [-0.25, -0.2) is 4.79 Å². The van der Waals surface area contributed by atoms with E-state index < -0.39 is 17.8 Å². The number of fused-ring (bicyclic) bond motifs is 8. The summed E-state index contributed by atoms with van der Waals surface area (Å²) >= 11 is 1.68.